The molecule has 15 heavy (non-hydrogen) atoms. The zero-order valence-electron chi connectivity index (χ0n) is 10.7. The molecule has 0 N–H and O–H groups in total. The van der Waals surface area contributed by atoms with Crippen molar-refractivity contribution in [2.45, 2.75) is 53.2 Å². The predicted octanol–water partition coefficient (Wildman–Crippen LogP) is 2.63. The molecule has 1 aliphatic rings. The highest BCUT2D eigenvalue weighted by Gasteiger charge is 2.27. The topological polar surface area (TPSA) is 38.8 Å². The van der Waals surface area contributed by atoms with Crippen LogP contribution in [0, 0.1) is 0 Å². The summed E-state index contributed by atoms with van der Waals surface area (Å²) >= 11 is 0. The van der Waals surface area contributed by atoms with E-state index in [9.17, 15) is 4.79 Å². The number of nitrogens with zero attached hydrogens (tertiary/aromatic N) is 1. The number of carbonyl (C=O) groups is 1. The van der Waals surface area contributed by atoms with E-state index in [-0.39, 0.29) is 12.2 Å². The summed E-state index contributed by atoms with van der Waals surface area (Å²) in [4.78, 5) is 13.0. The van der Waals surface area contributed by atoms with Crippen LogP contribution in [0.2, 0.25) is 0 Å². The van der Waals surface area contributed by atoms with Crippen LogP contribution in [0.25, 0.3) is 0 Å². The molecule has 1 unspecified atom stereocenters. The zero-order chi connectivity index (χ0) is 12.1. The van der Waals surface area contributed by atoms with Gasteiger partial charge in [0.15, 0.2) is 0 Å². The molecule has 0 bridgehead atoms. The minimum Gasteiger partial charge on any atom is -0.444 e. The summed E-state index contributed by atoms with van der Waals surface area (Å²) in [5.41, 5.74) is -0.428. The molecule has 1 heterocycles. The highest BCUT2D eigenvalue weighted by Crippen LogP contribution is 2.13. The molecule has 4 heteroatoms. The van der Waals surface area contributed by atoms with Crippen LogP contribution < -0.4 is 0 Å². The Balaban J connectivity index is 0.000000921. The van der Waals surface area contributed by atoms with Gasteiger partial charge in [0, 0.05) is 0 Å². The van der Waals surface area contributed by atoms with Crippen LogP contribution in [0.4, 0.5) is 4.79 Å². The first-order valence-electron chi connectivity index (χ1n) is 5.48. The van der Waals surface area contributed by atoms with Crippen molar-refractivity contribution < 1.29 is 14.3 Å². The molecule has 90 valence electrons. The van der Waals surface area contributed by atoms with E-state index >= 15 is 0 Å². The minimum absolute atomic E-state index is 0.118. The van der Waals surface area contributed by atoms with Crippen LogP contribution in [-0.4, -0.2) is 36.0 Å². The van der Waals surface area contributed by atoms with E-state index < -0.39 is 5.60 Å². The summed E-state index contributed by atoms with van der Waals surface area (Å²) < 4.78 is 10.4. The highest BCUT2D eigenvalue weighted by molar-refractivity contribution is 5.68. The molecule has 1 aliphatic heterocycles. The van der Waals surface area contributed by atoms with E-state index in [2.05, 4.69) is 0 Å². The average Bonchev–Trinajstić information content (AvgIpc) is 2.52. The fraction of sp³-hybridized carbons (Fsp3) is 0.909. The Morgan fingerprint density at radius 1 is 1.40 bits per heavy atom. The quantitative estimate of drug-likeness (QED) is 0.626. The van der Waals surface area contributed by atoms with E-state index in [1.54, 1.807) is 4.90 Å². The number of carbonyl (C=O) groups excluding carboxylic acids is 1. The van der Waals surface area contributed by atoms with Gasteiger partial charge in [-0.05, 0) is 27.7 Å². The van der Waals surface area contributed by atoms with Crippen LogP contribution >= 0.6 is 0 Å². The van der Waals surface area contributed by atoms with Crippen LogP contribution in [0.5, 0.6) is 0 Å². The van der Waals surface area contributed by atoms with Crippen LogP contribution in [-0.2, 0) is 9.47 Å². The lowest BCUT2D eigenvalue weighted by atomic mass is 10.2. The highest BCUT2D eigenvalue weighted by atomic mass is 16.6. The first kappa shape index (κ1) is 14.2. The number of rotatable bonds is 0. The molecule has 0 aromatic carbocycles. The molecule has 0 radical (unpaired) electrons. The molecule has 0 aliphatic carbocycles. The number of hydrogen-bond acceptors (Lipinski definition) is 3. The van der Waals surface area contributed by atoms with Crippen LogP contribution in [0.1, 0.15) is 41.5 Å². The smallest absolute Gasteiger partial charge is 0.412 e. The van der Waals surface area contributed by atoms with Gasteiger partial charge in [-0.1, -0.05) is 13.8 Å². The van der Waals surface area contributed by atoms with Gasteiger partial charge in [-0.2, -0.15) is 0 Å². The van der Waals surface area contributed by atoms with Crippen LogP contribution in [0.15, 0.2) is 0 Å². The summed E-state index contributed by atoms with van der Waals surface area (Å²) in [5, 5.41) is 0. The van der Waals surface area contributed by atoms with Crippen molar-refractivity contribution in [2.75, 3.05) is 13.3 Å². The zero-order valence-corrected chi connectivity index (χ0v) is 10.7. The van der Waals surface area contributed by atoms with Gasteiger partial charge in [-0.15, -0.1) is 0 Å². The molecule has 1 rings (SSSR count). The van der Waals surface area contributed by atoms with Gasteiger partial charge >= 0.3 is 6.09 Å². The second-order valence-electron chi connectivity index (χ2n) is 4.31. The maximum absolute atomic E-state index is 11.4. The monoisotopic (exact) mass is 217 g/mol. The minimum atomic E-state index is -0.428. The molecule has 0 aromatic rings. The van der Waals surface area contributed by atoms with Crippen molar-refractivity contribution in [3.63, 3.8) is 0 Å². The fourth-order valence-corrected chi connectivity index (χ4v) is 1.09. The first-order valence-corrected chi connectivity index (χ1v) is 5.48. The fourth-order valence-electron chi connectivity index (χ4n) is 1.09. The normalized spacial score (nSPS) is 20.7. The standard InChI is InChI=1S/C9H17NO3.C2H6/c1-7-5-10(6-12-7)8(11)13-9(2,3)4;1-2/h7H,5-6H2,1-4H3;1-2H3. The summed E-state index contributed by atoms with van der Waals surface area (Å²) in [6.07, 6.45) is -0.177. The molecule has 0 spiro atoms. The molecule has 0 aromatic heterocycles. The Kier molecular flexibility index (Phi) is 5.65. The van der Waals surface area contributed by atoms with Crippen molar-refractivity contribution in [3.05, 3.63) is 0 Å². The largest absolute Gasteiger partial charge is 0.444 e. The van der Waals surface area contributed by atoms with Crippen molar-refractivity contribution in [3.8, 4) is 0 Å². The maximum Gasteiger partial charge on any atom is 0.412 e. The van der Waals surface area contributed by atoms with Crippen molar-refractivity contribution in [1.29, 1.82) is 0 Å². The van der Waals surface area contributed by atoms with E-state index in [0.29, 0.717) is 13.3 Å². The molecule has 4 nitrogen and oxygen atoms in total. The summed E-state index contributed by atoms with van der Waals surface area (Å²) in [6.45, 7) is 12.5. The third-order valence-electron chi connectivity index (χ3n) is 1.64. The maximum atomic E-state index is 11.4. The number of ether oxygens (including phenoxy) is 2. The van der Waals surface area contributed by atoms with E-state index in [4.69, 9.17) is 9.47 Å². The lowest BCUT2D eigenvalue weighted by Crippen LogP contribution is -2.35. The molecular weight excluding hydrogens is 194 g/mol. The van der Waals surface area contributed by atoms with Crippen molar-refractivity contribution in [1.82, 2.24) is 4.90 Å². The van der Waals surface area contributed by atoms with E-state index in [0.717, 1.165) is 0 Å². The number of amides is 1. The first-order chi connectivity index (χ1) is 6.88. The second-order valence-corrected chi connectivity index (χ2v) is 4.31. The van der Waals surface area contributed by atoms with Gasteiger partial charge < -0.3 is 9.47 Å². The Hall–Kier alpha value is -0.770. The molecule has 1 saturated heterocycles. The van der Waals surface area contributed by atoms with Crippen molar-refractivity contribution >= 4 is 6.09 Å². The summed E-state index contributed by atoms with van der Waals surface area (Å²) in [5.74, 6) is 0. The van der Waals surface area contributed by atoms with Gasteiger partial charge in [0.25, 0.3) is 0 Å². The van der Waals surface area contributed by atoms with Gasteiger partial charge in [-0.3, -0.25) is 4.90 Å². The van der Waals surface area contributed by atoms with E-state index in [1.165, 1.54) is 0 Å². The predicted molar refractivity (Wildman–Crippen MR) is 59.7 cm³/mol. The Labute approximate surface area is 92.5 Å². The lowest BCUT2D eigenvalue weighted by molar-refractivity contribution is 0.0191. The Bertz CT molecular complexity index is 198. The Morgan fingerprint density at radius 2 is 1.93 bits per heavy atom. The molecule has 1 amide bonds. The average molecular weight is 217 g/mol. The van der Waals surface area contributed by atoms with Crippen LogP contribution in [0.3, 0.4) is 0 Å². The molecule has 0 saturated carbocycles. The van der Waals surface area contributed by atoms with Crippen molar-refractivity contribution in [2.24, 2.45) is 0 Å². The second kappa shape index (κ2) is 5.95. The third-order valence-corrected chi connectivity index (χ3v) is 1.64. The Morgan fingerprint density at radius 3 is 2.27 bits per heavy atom. The van der Waals surface area contributed by atoms with E-state index in [1.807, 2.05) is 41.5 Å². The van der Waals surface area contributed by atoms with Gasteiger partial charge in [0.2, 0.25) is 0 Å². The van der Waals surface area contributed by atoms with Gasteiger partial charge in [0.05, 0.1) is 12.6 Å². The molecular formula is C11H23NO3. The van der Waals surface area contributed by atoms with Gasteiger partial charge in [0.1, 0.15) is 12.3 Å². The molecule has 1 atom stereocenters. The third kappa shape index (κ3) is 5.62. The lowest BCUT2D eigenvalue weighted by Gasteiger charge is -2.23. The molecule has 1 fully saturated rings. The summed E-state index contributed by atoms with van der Waals surface area (Å²) in [6, 6.07) is 0. The number of hydrogen-bond donors (Lipinski definition) is 0. The van der Waals surface area contributed by atoms with Gasteiger partial charge in [-0.25, -0.2) is 4.79 Å². The summed E-state index contributed by atoms with van der Waals surface area (Å²) in [7, 11) is 0. The SMILES string of the molecule is CC.CC1CN(C(=O)OC(C)(C)C)CO1.